The predicted molar refractivity (Wildman–Crippen MR) is 103 cm³/mol. The van der Waals surface area contributed by atoms with Crippen molar-refractivity contribution in [3.63, 3.8) is 0 Å². The molecule has 8 nitrogen and oxygen atoms in total. The van der Waals surface area contributed by atoms with Crippen molar-refractivity contribution in [3.8, 4) is 11.5 Å². The van der Waals surface area contributed by atoms with E-state index in [4.69, 9.17) is 14.2 Å². The molecule has 2 heterocycles. The maximum Gasteiger partial charge on any atom is 0.341 e. The van der Waals surface area contributed by atoms with Gasteiger partial charge < -0.3 is 14.2 Å². The van der Waals surface area contributed by atoms with Gasteiger partial charge in [0.2, 0.25) is 6.79 Å². The van der Waals surface area contributed by atoms with Gasteiger partial charge in [0.1, 0.15) is 5.00 Å². The summed E-state index contributed by atoms with van der Waals surface area (Å²) in [5, 5.41) is 12.0. The molecule has 0 atom stereocenters. The fourth-order valence-electron chi connectivity index (χ4n) is 3.39. The van der Waals surface area contributed by atoms with Crippen LogP contribution in [-0.2, 0) is 17.6 Å². The van der Waals surface area contributed by atoms with E-state index in [0.29, 0.717) is 22.1 Å². The van der Waals surface area contributed by atoms with Crippen LogP contribution in [0.2, 0.25) is 0 Å². The van der Waals surface area contributed by atoms with Crippen LogP contribution in [0.5, 0.6) is 11.5 Å². The number of aryl methyl sites for hydroxylation is 1. The Hall–Kier alpha value is -2.94. The van der Waals surface area contributed by atoms with Crippen LogP contribution < -0.4 is 9.47 Å². The van der Waals surface area contributed by atoms with Crippen molar-refractivity contribution in [1.82, 2.24) is 0 Å². The summed E-state index contributed by atoms with van der Waals surface area (Å²) in [7, 11) is 0. The predicted octanol–water partition coefficient (Wildman–Crippen LogP) is 4.19. The van der Waals surface area contributed by atoms with E-state index in [2.05, 4.69) is 4.99 Å². The number of hydrogen-bond acceptors (Lipinski definition) is 8. The van der Waals surface area contributed by atoms with E-state index in [1.165, 1.54) is 29.7 Å². The lowest BCUT2D eigenvalue weighted by atomic mass is 9.95. The number of hydrogen-bond donors (Lipinski definition) is 0. The third-order valence-electron chi connectivity index (χ3n) is 4.67. The lowest BCUT2D eigenvalue weighted by molar-refractivity contribution is -0.385. The Balaban J connectivity index is 1.75. The first-order valence-electron chi connectivity index (χ1n) is 9.02. The fourth-order valence-corrected chi connectivity index (χ4v) is 4.61. The zero-order valence-electron chi connectivity index (χ0n) is 15.2. The second-order valence-corrected chi connectivity index (χ2v) is 7.47. The SMILES string of the molecule is CCOC(=O)c1c(/N=C/c2cc3c(cc2[N+](=O)[O-])OCO3)sc2c1CCCC2. The van der Waals surface area contributed by atoms with Crippen LogP contribution in [0.1, 0.15) is 46.1 Å². The zero-order chi connectivity index (χ0) is 19.7. The molecule has 0 unspecified atom stereocenters. The molecule has 1 aromatic heterocycles. The van der Waals surface area contributed by atoms with Gasteiger partial charge >= 0.3 is 5.97 Å². The first kappa shape index (κ1) is 18.4. The summed E-state index contributed by atoms with van der Waals surface area (Å²) in [6, 6.07) is 2.86. The molecule has 2 aliphatic rings. The van der Waals surface area contributed by atoms with Crippen LogP contribution >= 0.6 is 11.3 Å². The number of thiophene rings is 1. The van der Waals surface area contributed by atoms with E-state index in [-0.39, 0.29) is 24.7 Å². The van der Waals surface area contributed by atoms with E-state index in [9.17, 15) is 14.9 Å². The maximum absolute atomic E-state index is 12.5. The number of carbonyl (C=O) groups is 1. The lowest BCUT2D eigenvalue weighted by Gasteiger charge is -2.11. The van der Waals surface area contributed by atoms with Gasteiger partial charge in [-0.2, -0.15) is 0 Å². The van der Waals surface area contributed by atoms with Crippen LogP contribution in [0.25, 0.3) is 0 Å². The van der Waals surface area contributed by atoms with Crippen LogP contribution in [0.3, 0.4) is 0 Å². The molecule has 2 aromatic rings. The van der Waals surface area contributed by atoms with Crippen molar-refractivity contribution in [2.24, 2.45) is 4.99 Å². The average Bonchev–Trinajstić information content (AvgIpc) is 3.29. The molecule has 1 aromatic carbocycles. The third kappa shape index (κ3) is 3.33. The molecule has 0 fully saturated rings. The fraction of sp³-hybridized carbons (Fsp3) is 0.368. The Morgan fingerprint density at radius 2 is 2.07 bits per heavy atom. The van der Waals surface area contributed by atoms with Gasteiger partial charge in [0, 0.05) is 11.1 Å². The second-order valence-electron chi connectivity index (χ2n) is 6.39. The summed E-state index contributed by atoms with van der Waals surface area (Å²) < 4.78 is 15.7. The zero-order valence-corrected chi connectivity index (χ0v) is 16.0. The van der Waals surface area contributed by atoms with Crippen LogP contribution in [0, 0.1) is 10.1 Å². The average molecular weight is 402 g/mol. The normalized spacial score (nSPS) is 14.9. The highest BCUT2D eigenvalue weighted by molar-refractivity contribution is 7.16. The third-order valence-corrected chi connectivity index (χ3v) is 5.87. The highest BCUT2D eigenvalue weighted by Gasteiger charge is 2.27. The summed E-state index contributed by atoms with van der Waals surface area (Å²) in [5.41, 5.74) is 1.64. The number of esters is 1. The van der Waals surface area contributed by atoms with Gasteiger partial charge in [0.05, 0.1) is 28.7 Å². The number of rotatable bonds is 5. The molecule has 0 bridgehead atoms. The number of aliphatic imine (C=N–C) groups is 1. The van der Waals surface area contributed by atoms with Crippen molar-refractivity contribution < 1.29 is 23.9 Å². The molecule has 146 valence electrons. The largest absolute Gasteiger partial charge is 0.462 e. The summed E-state index contributed by atoms with van der Waals surface area (Å²) in [6.07, 6.45) is 5.23. The smallest absolute Gasteiger partial charge is 0.341 e. The quantitative estimate of drug-likeness (QED) is 0.322. The van der Waals surface area contributed by atoms with E-state index in [1.54, 1.807) is 6.92 Å². The van der Waals surface area contributed by atoms with Crippen LogP contribution in [-0.4, -0.2) is 30.5 Å². The first-order chi connectivity index (χ1) is 13.6. The van der Waals surface area contributed by atoms with Crippen LogP contribution in [0.4, 0.5) is 10.7 Å². The van der Waals surface area contributed by atoms with E-state index >= 15 is 0 Å². The Kier molecular flexibility index (Phi) is 4.99. The van der Waals surface area contributed by atoms with E-state index < -0.39 is 10.9 Å². The molecule has 0 spiro atoms. The maximum atomic E-state index is 12.5. The summed E-state index contributed by atoms with van der Waals surface area (Å²) in [5.74, 6) is 0.375. The highest BCUT2D eigenvalue weighted by atomic mass is 32.1. The van der Waals surface area contributed by atoms with Gasteiger partial charge in [-0.1, -0.05) is 0 Å². The number of nitro groups is 1. The number of nitro benzene ring substituents is 1. The number of benzene rings is 1. The van der Waals surface area contributed by atoms with Gasteiger partial charge in [-0.05, 0) is 44.2 Å². The Labute approximate surface area is 164 Å². The standard InChI is InChI=1S/C19H18N2O6S/c1-2-25-19(22)17-12-5-3-4-6-16(12)28-18(17)20-9-11-7-14-15(27-10-26-14)8-13(11)21(23)24/h7-9H,2-6,10H2,1H3/b20-9+. The molecule has 0 radical (unpaired) electrons. The lowest BCUT2D eigenvalue weighted by Crippen LogP contribution is -2.09. The first-order valence-corrected chi connectivity index (χ1v) is 9.84. The minimum Gasteiger partial charge on any atom is -0.462 e. The summed E-state index contributed by atoms with van der Waals surface area (Å²) in [6.45, 7) is 2.06. The number of carbonyl (C=O) groups excluding carboxylic acids is 1. The number of ether oxygens (including phenoxy) is 3. The minimum atomic E-state index is -0.491. The van der Waals surface area contributed by atoms with Crippen molar-refractivity contribution in [1.29, 1.82) is 0 Å². The van der Waals surface area contributed by atoms with E-state index in [0.717, 1.165) is 36.1 Å². The van der Waals surface area contributed by atoms with E-state index in [1.807, 2.05) is 0 Å². The van der Waals surface area contributed by atoms with Crippen molar-refractivity contribution in [3.05, 3.63) is 43.8 Å². The molecule has 9 heteroatoms. The highest BCUT2D eigenvalue weighted by Crippen LogP contribution is 2.41. The molecule has 1 aliphatic carbocycles. The monoisotopic (exact) mass is 402 g/mol. The molecule has 0 N–H and O–H groups in total. The van der Waals surface area contributed by atoms with Gasteiger partial charge in [-0.15, -0.1) is 11.3 Å². The molecular weight excluding hydrogens is 384 g/mol. The summed E-state index contributed by atoms with van der Waals surface area (Å²) in [4.78, 5) is 29.0. The molecule has 0 saturated heterocycles. The minimum absolute atomic E-state index is 0.0255. The molecule has 28 heavy (non-hydrogen) atoms. The summed E-state index contributed by atoms with van der Waals surface area (Å²) >= 11 is 1.45. The molecule has 1 aliphatic heterocycles. The molecule has 0 amide bonds. The Morgan fingerprint density at radius 3 is 2.82 bits per heavy atom. The van der Waals surface area contributed by atoms with Crippen molar-refractivity contribution in [2.45, 2.75) is 32.6 Å². The van der Waals surface area contributed by atoms with Gasteiger partial charge in [-0.3, -0.25) is 10.1 Å². The number of fused-ring (bicyclic) bond motifs is 2. The number of nitrogens with zero attached hydrogens (tertiary/aromatic N) is 2. The molecule has 0 saturated carbocycles. The topological polar surface area (TPSA) is 100 Å². The molecule has 4 rings (SSSR count). The van der Waals surface area contributed by atoms with Gasteiger partial charge in [0.15, 0.2) is 11.5 Å². The van der Waals surface area contributed by atoms with Gasteiger partial charge in [0.25, 0.3) is 5.69 Å². The second kappa shape index (κ2) is 7.59. The Morgan fingerprint density at radius 1 is 1.32 bits per heavy atom. The molecular formula is C19H18N2O6S. The Bertz CT molecular complexity index is 981. The van der Waals surface area contributed by atoms with Crippen molar-refractivity contribution >= 4 is 34.2 Å². The van der Waals surface area contributed by atoms with Crippen molar-refractivity contribution in [2.75, 3.05) is 13.4 Å². The van der Waals surface area contributed by atoms with Gasteiger partial charge in [-0.25, -0.2) is 9.79 Å². The van der Waals surface area contributed by atoms with Crippen LogP contribution in [0.15, 0.2) is 17.1 Å².